The Morgan fingerprint density at radius 1 is 1.16 bits per heavy atom. The van der Waals surface area contributed by atoms with Gasteiger partial charge in [0.1, 0.15) is 11.3 Å². The summed E-state index contributed by atoms with van der Waals surface area (Å²) in [5.41, 5.74) is 9.60. The molecule has 31 heavy (non-hydrogen) atoms. The number of halogens is 1. The van der Waals surface area contributed by atoms with Crippen molar-refractivity contribution in [2.75, 3.05) is 4.90 Å². The summed E-state index contributed by atoms with van der Waals surface area (Å²) in [5, 5.41) is 0.783. The van der Waals surface area contributed by atoms with Gasteiger partial charge in [0.25, 0.3) is 5.56 Å². The van der Waals surface area contributed by atoms with Crippen LogP contribution in [0.5, 0.6) is 0 Å². The number of benzene rings is 1. The number of hydrogen-bond acceptors (Lipinski definition) is 6. The van der Waals surface area contributed by atoms with E-state index in [2.05, 4.69) is 14.9 Å². The first-order chi connectivity index (χ1) is 15.0. The molecule has 6 rings (SSSR count). The third-order valence-corrected chi connectivity index (χ3v) is 7.11. The minimum absolute atomic E-state index is 0.177. The Morgan fingerprint density at radius 3 is 2.71 bits per heavy atom. The zero-order valence-electron chi connectivity index (χ0n) is 17.0. The maximum Gasteiger partial charge on any atom is 0.262 e. The maximum atomic E-state index is 12.6. The lowest BCUT2D eigenvalue weighted by Gasteiger charge is -2.38. The summed E-state index contributed by atoms with van der Waals surface area (Å²) in [5.74, 6) is 0.892. The molecule has 2 aliphatic rings. The van der Waals surface area contributed by atoms with E-state index in [1.165, 1.54) is 10.9 Å². The highest BCUT2D eigenvalue weighted by Crippen LogP contribution is 2.39. The van der Waals surface area contributed by atoms with Crippen LogP contribution in [0, 0.1) is 0 Å². The largest absolute Gasteiger partial charge is 0.349 e. The van der Waals surface area contributed by atoms with Crippen molar-refractivity contribution in [3.63, 3.8) is 0 Å². The van der Waals surface area contributed by atoms with Gasteiger partial charge in [-0.2, -0.15) is 0 Å². The van der Waals surface area contributed by atoms with Crippen LogP contribution in [0.4, 0.5) is 5.82 Å². The fourth-order valence-corrected chi connectivity index (χ4v) is 5.61. The molecule has 2 bridgehead atoms. The number of hydrogen-bond donors (Lipinski definition) is 2. The molecule has 4 aromatic rings. The highest BCUT2D eigenvalue weighted by Gasteiger charge is 2.40. The second kappa shape index (κ2) is 6.77. The number of rotatable bonds is 2. The second-order valence-electron chi connectivity index (χ2n) is 8.63. The van der Waals surface area contributed by atoms with Crippen LogP contribution >= 0.6 is 11.6 Å². The Balaban J connectivity index is 1.45. The normalized spacial score (nSPS) is 23.2. The highest BCUT2D eigenvalue weighted by atomic mass is 35.5. The molecule has 0 aliphatic carbocycles. The van der Waals surface area contributed by atoms with Crippen LogP contribution in [0.3, 0.4) is 0 Å². The predicted octanol–water partition coefficient (Wildman–Crippen LogP) is 2.98. The van der Waals surface area contributed by atoms with Gasteiger partial charge >= 0.3 is 0 Å². The van der Waals surface area contributed by atoms with Gasteiger partial charge in [0.2, 0.25) is 0 Å². The van der Waals surface area contributed by atoms with E-state index < -0.39 is 0 Å². The van der Waals surface area contributed by atoms with Crippen molar-refractivity contribution in [1.82, 2.24) is 24.5 Å². The van der Waals surface area contributed by atoms with Gasteiger partial charge < -0.3 is 20.2 Å². The fraction of sp³-hybridized carbons (Fsp3) is 0.364. The number of nitrogens with zero attached hydrogens (tertiary/aromatic N) is 5. The maximum absolute atomic E-state index is 12.6. The summed E-state index contributed by atoms with van der Waals surface area (Å²) in [6.45, 7) is 0. The molecule has 8 nitrogen and oxygen atoms in total. The van der Waals surface area contributed by atoms with Gasteiger partial charge in [-0.05, 0) is 31.7 Å². The zero-order valence-corrected chi connectivity index (χ0v) is 17.8. The predicted molar refractivity (Wildman–Crippen MR) is 121 cm³/mol. The number of aromatic amines is 1. The number of nitrogens with one attached hydrogen (secondary N) is 1. The lowest BCUT2D eigenvalue weighted by molar-refractivity contribution is 0.412. The topological polar surface area (TPSA) is 106 Å². The molecular weight excluding hydrogens is 414 g/mol. The molecule has 2 fully saturated rings. The van der Waals surface area contributed by atoms with Crippen LogP contribution in [0.2, 0.25) is 5.02 Å². The first-order valence-corrected chi connectivity index (χ1v) is 10.9. The van der Waals surface area contributed by atoms with Crippen molar-refractivity contribution in [3.8, 4) is 11.1 Å². The average molecular weight is 436 g/mol. The van der Waals surface area contributed by atoms with Crippen LogP contribution in [0.1, 0.15) is 25.7 Å². The Hall–Kier alpha value is -2.97. The van der Waals surface area contributed by atoms with Gasteiger partial charge in [-0.25, -0.2) is 15.0 Å². The quantitative estimate of drug-likeness (QED) is 0.501. The molecule has 0 radical (unpaired) electrons. The molecule has 2 saturated heterocycles. The summed E-state index contributed by atoms with van der Waals surface area (Å²) in [4.78, 5) is 32.2. The highest BCUT2D eigenvalue weighted by molar-refractivity contribution is 6.38. The van der Waals surface area contributed by atoms with Crippen LogP contribution in [-0.4, -0.2) is 42.6 Å². The molecule has 3 N–H and O–H groups in total. The van der Waals surface area contributed by atoms with Crippen molar-refractivity contribution in [1.29, 1.82) is 0 Å². The van der Waals surface area contributed by atoms with Crippen LogP contribution < -0.4 is 16.2 Å². The molecule has 5 heterocycles. The number of aromatic nitrogens is 5. The van der Waals surface area contributed by atoms with Crippen molar-refractivity contribution >= 4 is 39.5 Å². The molecule has 1 unspecified atom stereocenters. The van der Waals surface area contributed by atoms with Gasteiger partial charge in [0, 0.05) is 42.5 Å². The minimum Gasteiger partial charge on any atom is -0.349 e. The van der Waals surface area contributed by atoms with E-state index in [1.54, 1.807) is 7.05 Å². The number of aryl methyl sites for hydroxylation is 1. The average Bonchev–Trinajstić information content (AvgIpc) is 3.29. The summed E-state index contributed by atoms with van der Waals surface area (Å²) in [7, 11) is 1.66. The molecule has 9 heteroatoms. The first-order valence-electron chi connectivity index (χ1n) is 10.5. The number of nitrogens with two attached hydrogens (primary N) is 1. The Morgan fingerprint density at radius 2 is 1.94 bits per heavy atom. The Labute approximate surface area is 183 Å². The molecule has 0 amide bonds. The minimum atomic E-state index is -0.177. The summed E-state index contributed by atoms with van der Waals surface area (Å²) < 4.78 is 1.43. The van der Waals surface area contributed by atoms with Crippen molar-refractivity contribution in [3.05, 3.63) is 46.2 Å². The Bertz CT molecular complexity index is 1380. The van der Waals surface area contributed by atoms with E-state index in [9.17, 15) is 4.79 Å². The van der Waals surface area contributed by atoms with Crippen molar-refractivity contribution in [2.24, 2.45) is 12.8 Å². The summed E-state index contributed by atoms with van der Waals surface area (Å²) in [6, 6.07) is 4.84. The molecule has 3 aromatic heterocycles. The number of piperidine rings is 1. The molecule has 0 spiro atoms. The molecule has 2 aliphatic heterocycles. The third kappa shape index (κ3) is 2.78. The van der Waals surface area contributed by atoms with Gasteiger partial charge in [0.15, 0.2) is 5.65 Å². The van der Waals surface area contributed by atoms with E-state index in [1.807, 2.05) is 24.5 Å². The number of H-pyrrole nitrogens is 1. The smallest absolute Gasteiger partial charge is 0.262 e. The fourth-order valence-electron chi connectivity index (χ4n) is 5.27. The van der Waals surface area contributed by atoms with Crippen molar-refractivity contribution in [2.45, 2.75) is 43.8 Å². The number of anilines is 1. The first kappa shape index (κ1) is 18.8. The van der Waals surface area contributed by atoms with E-state index in [0.717, 1.165) is 48.1 Å². The lowest BCUT2D eigenvalue weighted by atomic mass is 9.98. The third-order valence-electron chi connectivity index (χ3n) is 6.72. The summed E-state index contributed by atoms with van der Waals surface area (Å²) in [6.07, 6.45) is 9.51. The standard InChI is InChI=1S/C22H22ClN7O/c1-29-10-27-16-5-4-14(19(23)18(16)22(29)31)15-8-26-21-20(15)25-9-17(28-21)30-12-2-3-13(30)7-11(24)6-12/h4-5,8-13H,2-3,6-7,24H2,1H3,(H,26,28)/t11?,12-,13+. The SMILES string of the molecule is Cn1cnc2ccc(-c3c[nH]c4nc(N5[C@@H]6CC[C@H]5CC(N)C6)cnc34)c(Cl)c2c1=O. The zero-order chi connectivity index (χ0) is 21.3. The van der Waals surface area contributed by atoms with Crippen LogP contribution in [-0.2, 0) is 7.05 Å². The molecule has 158 valence electrons. The van der Waals surface area contributed by atoms with Crippen LogP contribution in [0.25, 0.3) is 33.2 Å². The number of fused-ring (bicyclic) bond motifs is 4. The Kier molecular flexibility index (Phi) is 4.10. The monoisotopic (exact) mass is 435 g/mol. The molecule has 3 atom stereocenters. The van der Waals surface area contributed by atoms with Gasteiger partial charge in [0.05, 0.1) is 28.4 Å². The van der Waals surface area contributed by atoms with Gasteiger partial charge in [-0.1, -0.05) is 17.7 Å². The van der Waals surface area contributed by atoms with Crippen LogP contribution in [0.15, 0.2) is 35.6 Å². The second-order valence-corrected chi connectivity index (χ2v) is 9.01. The molecule has 0 saturated carbocycles. The molecule has 1 aromatic carbocycles. The summed E-state index contributed by atoms with van der Waals surface area (Å²) >= 11 is 6.69. The van der Waals surface area contributed by atoms with Gasteiger partial charge in [-0.3, -0.25) is 4.79 Å². The lowest BCUT2D eigenvalue weighted by Crippen LogP contribution is -2.47. The van der Waals surface area contributed by atoms with E-state index in [-0.39, 0.29) is 11.6 Å². The van der Waals surface area contributed by atoms with Gasteiger partial charge in [-0.15, -0.1) is 0 Å². The van der Waals surface area contributed by atoms with E-state index in [4.69, 9.17) is 27.3 Å². The van der Waals surface area contributed by atoms with E-state index >= 15 is 0 Å². The molecular formula is C22H22ClN7O. The van der Waals surface area contributed by atoms with E-state index in [0.29, 0.717) is 33.7 Å². The van der Waals surface area contributed by atoms with Crippen molar-refractivity contribution < 1.29 is 0 Å².